The molecule has 0 spiro atoms. The number of rotatable bonds is 2. The van der Waals surface area contributed by atoms with E-state index >= 15 is 0 Å². The molecule has 0 aromatic heterocycles. The Morgan fingerprint density at radius 3 is 2.71 bits per heavy atom. The molecule has 24 heavy (non-hydrogen) atoms. The Morgan fingerprint density at radius 2 is 2.04 bits per heavy atom. The van der Waals surface area contributed by atoms with Crippen molar-refractivity contribution in [2.45, 2.75) is 25.4 Å². The number of fused-ring (bicyclic) bond motifs is 1. The Kier molecular flexibility index (Phi) is 3.94. The fourth-order valence-corrected chi connectivity index (χ4v) is 3.63. The Morgan fingerprint density at radius 1 is 1.33 bits per heavy atom. The predicted octanol–water partition coefficient (Wildman–Crippen LogP) is 4.32. The van der Waals surface area contributed by atoms with Crippen LogP contribution in [0, 0.1) is 11.3 Å². The van der Waals surface area contributed by atoms with E-state index in [1.165, 1.54) is 12.2 Å². The Bertz CT molecular complexity index is 720. The summed E-state index contributed by atoms with van der Waals surface area (Å²) in [7, 11) is 0. The number of carboxylic acids is 1. The summed E-state index contributed by atoms with van der Waals surface area (Å²) >= 11 is 0. The number of para-hydroxylation sites is 1. The largest absolute Gasteiger partial charge is 0.493 e. The summed E-state index contributed by atoms with van der Waals surface area (Å²) in [6, 6.07) is 6.98. The van der Waals surface area contributed by atoms with Crippen LogP contribution in [-0.4, -0.2) is 23.9 Å². The maximum atomic E-state index is 13.9. The van der Waals surface area contributed by atoms with Crippen molar-refractivity contribution in [1.29, 1.82) is 0 Å². The quantitative estimate of drug-likeness (QED) is 0.874. The zero-order valence-corrected chi connectivity index (χ0v) is 13.0. The summed E-state index contributed by atoms with van der Waals surface area (Å²) < 4.78 is 47.4. The van der Waals surface area contributed by atoms with Crippen LogP contribution in [0.5, 0.6) is 5.75 Å². The van der Waals surface area contributed by atoms with Crippen molar-refractivity contribution in [3.8, 4) is 5.75 Å². The first-order valence-electron chi connectivity index (χ1n) is 7.67. The van der Waals surface area contributed by atoms with Gasteiger partial charge in [-0.25, -0.2) is 0 Å². The average Bonchev–Trinajstić information content (AvgIpc) is 2.53. The van der Waals surface area contributed by atoms with Gasteiger partial charge in [-0.15, -0.1) is 0 Å². The minimum Gasteiger partial charge on any atom is -0.493 e. The van der Waals surface area contributed by atoms with Crippen LogP contribution in [0.2, 0.25) is 0 Å². The minimum absolute atomic E-state index is 0.0839. The van der Waals surface area contributed by atoms with Gasteiger partial charge in [-0.3, -0.25) is 4.79 Å². The summed E-state index contributed by atoms with van der Waals surface area (Å²) in [6.07, 6.45) is -0.349. The number of carbonyl (C=O) groups is 1. The zero-order chi connectivity index (χ0) is 17.5. The molecule has 0 amide bonds. The lowest BCUT2D eigenvalue weighted by Crippen LogP contribution is -2.48. The molecule has 1 aromatic rings. The van der Waals surface area contributed by atoms with E-state index in [-0.39, 0.29) is 5.57 Å². The third-order valence-electron chi connectivity index (χ3n) is 4.99. The molecule has 2 aliphatic rings. The lowest BCUT2D eigenvalue weighted by molar-refractivity contribution is -0.221. The molecule has 6 heteroatoms. The molecule has 0 radical (unpaired) electrons. The highest BCUT2D eigenvalue weighted by molar-refractivity contribution is 5.75. The number of aliphatic carboxylic acids is 1. The smallest absolute Gasteiger partial charge is 0.399 e. The van der Waals surface area contributed by atoms with Gasteiger partial charge in [0.2, 0.25) is 0 Å². The molecule has 3 nitrogen and oxygen atoms in total. The second-order valence-corrected chi connectivity index (χ2v) is 6.25. The number of ether oxygens (including phenoxy) is 1. The second kappa shape index (κ2) is 5.69. The Labute approximate surface area is 137 Å². The molecule has 0 fully saturated rings. The third-order valence-corrected chi connectivity index (χ3v) is 4.99. The number of halogens is 3. The number of allylic oxidation sites excluding steroid dienone is 3. The number of benzene rings is 1. The van der Waals surface area contributed by atoms with Crippen molar-refractivity contribution >= 4 is 5.97 Å². The van der Waals surface area contributed by atoms with Gasteiger partial charge in [0.05, 0.1) is 12.5 Å². The summed E-state index contributed by atoms with van der Waals surface area (Å²) in [4.78, 5) is 11.5. The summed E-state index contributed by atoms with van der Waals surface area (Å²) in [6.45, 7) is 1.29. The van der Waals surface area contributed by atoms with Gasteiger partial charge in [0.1, 0.15) is 11.2 Å². The highest BCUT2D eigenvalue weighted by atomic mass is 19.4. The first-order chi connectivity index (χ1) is 11.3. The van der Waals surface area contributed by atoms with Gasteiger partial charge >= 0.3 is 12.1 Å². The molecule has 128 valence electrons. The van der Waals surface area contributed by atoms with E-state index in [2.05, 4.69) is 0 Å². The van der Waals surface area contributed by atoms with E-state index in [1.54, 1.807) is 24.3 Å². The maximum absolute atomic E-state index is 13.9. The van der Waals surface area contributed by atoms with E-state index in [9.17, 15) is 23.1 Å². The van der Waals surface area contributed by atoms with Crippen LogP contribution >= 0.6 is 0 Å². The number of hydrogen-bond donors (Lipinski definition) is 1. The number of hydrogen-bond acceptors (Lipinski definition) is 2. The molecule has 1 heterocycles. The molecular weight excluding hydrogens is 321 g/mol. The third kappa shape index (κ3) is 2.41. The molecule has 3 atom stereocenters. The standard InChI is InChI=1S/C18H17F3O3/c1-17(18(19,20)21)13(6-4-7-14(17)16(22)23)11-9-10-24-15-8-3-2-5-12(11)15/h2-8,11,14H,9-10H2,1H3,(H,22,23). The maximum Gasteiger partial charge on any atom is 0.399 e. The van der Waals surface area contributed by atoms with Crippen molar-refractivity contribution in [2.75, 3.05) is 6.61 Å². The van der Waals surface area contributed by atoms with Crippen LogP contribution in [0.25, 0.3) is 0 Å². The Hall–Kier alpha value is -2.24. The fourth-order valence-electron chi connectivity index (χ4n) is 3.63. The van der Waals surface area contributed by atoms with Crippen molar-refractivity contribution in [3.05, 3.63) is 53.6 Å². The first-order valence-corrected chi connectivity index (χ1v) is 7.67. The van der Waals surface area contributed by atoms with Crippen molar-refractivity contribution in [3.63, 3.8) is 0 Å². The first kappa shape index (κ1) is 16.6. The van der Waals surface area contributed by atoms with E-state index in [0.29, 0.717) is 24.3 Å². The zero-order valence-electron chi connectivity index (χ0n) is 13.0. The molecule has 1 N–H and O–H groups in total. The summed E-state index contributed by atoms with van der Waals surface area (Å²) in [5.41, 5.74) is -1.70. The summed E-state index contributed by atoms with van der Waals surface area (Å²) in [5.74, 6) is -3.08. The monoisotopic (exact) mass is 338 g/mol. The normalized spacial score (nSPS) is 29.4. The average molecular weight is 338 g/mol. The van der Waals surface area contributed by atoms with E-state index in [1.807, 2.05) is 0 Å². The van der Waals surface area contributed by atoms with E-state index in [0.717, 1.165) is 13.0 Å². The van der Waals surface area contributed by atoms with Gasteiger partial charge in [-0.1, -0.05) is 36.4 Å². The topological polar surface area (TPSA) is 46.5 Å². The molecule has 3 unspecified atom stereocenters. The molecule has 0 saturated carbocycles. The van der Waals surface area contributed by atoms with Gasteiger partial charge in [-0.05, 0) is 25.0 Å². The van der Waals surface area contributed by atoms with Crippen molar-refractivity contribution in [2.24, 2.45) is 11.3 Å². The molecular formula is C18H17F3O3. The number of carboxylic acid groups (broad SMARTS) is 1. The lowest BCUT2D eigenvalue weighted by atomic mass is 9.62. The van der Waals surface area contributed by atoms with E-state index < -0.39 is 29.4 Å². The van der Waals surface area contributed by atoms with Gasteiger partial charge in [0.25, 0.3) is 0 Å². The lowest BCUT2D eigenvalue weighted by Gasteiger charge is -2.43. The second-order valence-electron chi connectivity index (χ2n) is 6.25. The van der Waals surface area contributed by atoms with Crippen LogP contribution in [0.15, 0.2) is 48.1 Å². The highest BCUT2D eigenvalue weighted by Crippen LogP contribution is 2.57. The molecule has 3 rings (SSSR count). The molecule has 0 saturated heterocycles. The molecule has 1 aliphatic carbocycles. The fraction of sp³-hybridized carbons (Fsp3) is 0.389. The minimum atomic E-state index is -4.68. The van der Waals surface area contributed by atoms with Crippen LogP contribution in [0.1, 0.15) is 24.8 Å². The van der Waals surface area contributed by atoms with Gasteiger partial charge in [-0.2, -0.15) is 13.2 Å². The molecule has 0 bridgehead atoms. The van der Waals surface area contributed by atoms with Gasteiger partial charge < -0.3 is 9.84 Å². The van der Waals surface area contributed by atoms with Crippen LogP contribution in [0.4, 0.5) is 13.2 Å². The van der Waals surface area contributed by atoms with Crippen molar-refractivity contribution in [1.82, 2.24) is 0 Å². The van der Waals surface area contributed by atoms with Crippen molar-refractivity contribution < 1.29 is 27.8 Å². The van der Waals surface area contributed by atoms with Gasteiger partial charge in [0.15, 0.2) is 0 Å². The molecule has 1 aliphatic heterocycles. The summed E-state index contributed by atoms with van der Waals surface area (Å²) in [5, 5.41) is 9.35. The highest BCUT2D eigenvalue weighted by Gasteiger charge is 2.61. The van der Waals surface area contributed by atoms with E-state index in [4.69, 9.17) is 4.74 Å². The Balaban J connectivity index is 2.14. The SMILES string of the molecule is CC1(C(F)(F)F)C(C2CCOc3ccccc32)=CC=CC1C(=O)O. The van der Waals surface area contributed by atoms with Gasteiger partial charge in [0, 0.05) is 11.5 Å². The van der Waals surface area contributed by atoms with Crippen LogP contribution < -0.4 is 4.74 Å². The van der Waals surface area contributed by atoms with Crippen LogP contribution in [-0.2, 0) is 4.79 Å². The van der Waals surface area contributed by atoms with Crippen LogP contribution in [0.3, 0.4) is 0 Å². The molecule has 1 aromatic carbocycles. The predicted molar refractivity (Wildman–Crippen MR) is 81.8 cm³/mol. The number of alkyl halides is 3.